The molecule has 2 fully saturated rings. The van der Waals surface area contributed by atoms with Gasteiger partial charge in [-0.05, 0) is 13.8 Å². The van der Waals surface area contributed by atoms with Crippen LogP contribution in [-0.4, -0.2) is 58.4 Å². The van der Waals surface area contributed by atoms with Gasteiger partial charge in [-0.25, -0.2) is 4.98 Å². The maximum Gasteiger partial charge on any atom is 0.434 e. The number of aliphatic hydroxyl groups is 1. The van der Waals surface area contributed by atoms with E-state index in [0.29, 0.717) is 6.20 Å². The molecule has 0 unspecified atom stereocenters. The van der Waals surface area contributed by atoms with Gasteiger partial charge in [0.2, 0.25) is 0 Å². The number of ether oxygens (including phenoxy) is 3. The molecule has 2 N–H and O–H groups in total. The number of hydrogen-bond donors (Lipinski definition) is 2. The molecular weight excluding hydrogens is 331 g/mol. The Bertz CT molecular complexity index is 599. The summed E-state index contributed by atoms with van der Waals surface area (Å²) in [6, 6.07) is -0.489. The minimum absolute atomic E-state index is 0.0343. The highest BCUT2D eigenvalue weighted by Crippen LogP contribution is 2.36. The highest BCUT2D eigenvalue weighted by atomic mass is 19.4. The third kappa shape index (κ3) is 3.46. The summed E-state index contributed by atoms with van der Waals surface area (Å²) in [7, 11) is 0. The molecule has 24 heavy (non-hydrogen) atoms. The first-order chi connectivity index (χ1) is 11.2. The van der Waals surface area contributed by atoms with Gasteiger partial charge >= 0.3 is 6.18 Å². The highest BCUT2D eigenvalue weighted by molar-refractivity contribution is 5.35. The molecule has 10 heteroatoms. The van der Waals surface area contributed by atoms with E-state index in [-0.39, 0.29) is 19.0 Å². The lowest BCUT2D eigenvalue weighted by Crippen LogP contribution is -2.55. The average Bonchev–Trinajstić information content (AvgIpc) is 2.83. The lowest BCUT2D eigenvalue weighted by atomic mass is 9.98. The Labute approximate surface area is 136 Å². The summed E-state index contributed by atoms with van der Waals surface area (Å²) in [6.07, 6.45) is -4.30. The largest absolute Gasteiger partial charge is 0.434 e. The molecule has 1 aromatic rings. The average molecular weight is 349 g/mol. The van der Waals surface area contributed by atoms with E-state index in [2.05, 4.69) is 15.3 Å². The smallest absolute Gasteiger partial charge is 0.394 e. The minimum Gasteiger partial charge on any atom is -0.394 e. The number of alkyl halides is 3. The van der Waals surface area contributed by atoms with Crippen LogP contribution in [0, 0.1) is 0 Å². The van der Waals surface area contributed by atoms with Gasteiger partial charge in [-0.3, -0.25) is 4.98 Å². The second kappa shape index (κ2) is 6.10. The zero-order valence-electron chi connectivity index (χ0n) is 13.1. The molecule has 0 bridgehead atoms. The number of rotatable bonds is 3. The number of fused-ring (bicyclic) bond motifs is 1. The van der Waals surface area contributed by atoms with Gasteiger partial charge in [0.05, 0.1) is 31.6 Å². The van der Waals surface area contributed by atoms with Crippen LogP contribution in [0.4, 0.5) is 19.0 Å². The quantitative estimate of drug-likeness (QED) is 0.848. The minimum atomic E-state index is -4.58. The van der Waals surface area contributed by atoms with Crippen molar-refractivity contribution in [2.45, 2.75) is 50.2 Å². The van der Waals surface area contributed by atoms with Crippen LogP contribution in [0.25, 0.3) is 0 Å². The van der Waals surface area contributed by atoms with Crippen molar-refractivity contribution in [1.29, 1.82) is 0 Å². The number of hydrogen-bond acceptors (Lipinski definition) is 7. The van der Waals surface area contributed by atoms with Crippen molar-refractivity contribution in [1.82, 2.24) is 9.97 Å². The lowest BCUT2D eigenvalue weighted by molar-refractivity contribution is -0.157. The van der Waals surface area contributed by atoms with Gasteiger partial charge < -0.3 is 24.6 Å². The van der Waals surface area contributed by atoms with Crippen molar-refractivity contribution in [3.8, 4) is 0 Å². The van der Waals surface area contributed by atoms with Crippen LogP contribution in [0.3, 0.4) is 0 Å². The van der Waals surface area contributed by atoms with Gasteiger partial charge in [-0.1, -0.05) is 0 Å². The van der Waals surface area contributed by atoms with E-state index >= 15 is 0 Å². The van der Waals surface area contributed by atoms with Crippen molar-refractivity contribution in [2.75, 3.05) is 18.5 Å². The van der Waals surface area contributed by atoms with Crippen LogP contribution in [0.2, 0.25) is 0 Å². The molecule has 1 aromatic heterocycles. The molecule has 2 aliphatic heterocycles. The molecule has 0 saturated carbocycles. The van der Waals surface area contributed by atoms with Crippen molar-refractivity contribution in [2.24, 2.45) is 0 Å². The normalized spacial score (nSPS) is 32.4. The van der Waals surface area contributed by atoms with E-state index in [1.54, 1.807) is 13.8 Å². The summed E-state index contributed by atoms with van der Waals surface area (Å²) in [5.74, 6) is -0.913. The molecule has 0 spiro atoms. The van der Waals surface area contributed by atoms with E-state index in [0.717, 1.165) is 0 Å². The molecular formula is C14H18F3N3O4. The van der Waals surface area contributed by atoms with E-state index in [4.69, 9.17) is 14.2 Å². The molecule has 0 radical (unpaired) electrons. The number of aliphatic hydroxyl groups excluding tert-OH is 1. The molecule has 4 atom stereocenters. The molecule has 134 valence electrons. The van der Waals surface area contributed by atoms with Crippen molar-refractivity contribution in [3.05, 3.63) is 18.1 Å². The number of anilines is 1. The standard InChI is InChI=1S/C14H18F3N3O4/c1-13(2)23-11-7(6-22-8(5-21)12(11)24-13)19-10-4-18-3-9(20-10)14(15,16)17/h3-4,7-8,11-12,21H,5-6H2,1-2H3,(H,19,20)/t7-,8+,11+,12-/m0/s1. The lowest BCUT2D eigenvalue weighted by Gasteiger charge is -2.36. The zero-order valence-corrected chi connectivity index (χ0v) is 13.1. The summed E-state index contributed by atoms with van der Waals surface area (Å²) in [5, 5.41) is 12.2. The SMILES string of the molecule is CC1(C)O[C@@H]2[C@H](O1)[C@@H](Nc1cncc(C(F)(F)F)n1)CO[C@@H]2CO. The molecule has 0 aromatic carbocycles. The van der Waals surface area contributed by atoms with Gasteiger partial charge in [0.1, 0.15) is 24.1 Å². The molecule has 7 nitrogen and oxygen atoms in total. The maximum absolute atomic E-state index is 12.7. The summed E-state index contributed by atoms with van der Waals surface area (Å²) in [5.41, 5.74) is -1.09. The Morgan fingerprint density at radius 2 is 2.00 bits per heavy atom. The Morgan fingerprint density at radius 1 is 1.29 bits per heavy atom. The third-order valence-electron chi connectivity index (χ3n) is 3.85. The first-order valence-corrected chi connectivity index (χ1v) is 7.43. The van der Waals surface area contributed by atoms with Gasteiger partial charge in [0, 0.05) is 0 Å². The Morgan fingerprint density at radius 3 is 2.67 bits per heavy atom. The fourth-order valence-electron chi connectivity index (χ4n) is 2.88. The van der Waals surface area contributed by atoms with E-state index in [1.165, 1.54) is 6.20 Å². The number of nitrogens with zero attached hydrogens (tertiary/aromatic N) is 2. The van der Waals surface area contributed by atoms with Crippen LogP contribution in [-0.2, 0) is 20.4 Å². The predicted molar refractivity (Wildman–Crippen MR) is 75.1 cm³/mol. The molecule has 0 amide bonds. The summed E-state index contributed by atoms with van der Waals surface area (Å²) in [6.45, 7) is 3.34. The van der Waals surface area contributed by atoms with E-state index < -0.39 is 42.0 Å². The fraction of sp³-hybridized carbons (Fsp3) is 0.714. The van der Waals surface area contributed by atoms with Gasteiger partial charge in [0.25, 0.3) is 0 Å². The number of nitrogens with one attached hydrogen (secondary N) is 1. The van der Waals surface area contributed by atoms with Crippen LogP contribution >= 0.6 is 0 Å². The Hall–Kier alpha value is -1.49. The fourth-order valence-corrected chi connectivity index (χ4v) is 2.88. The van der Waals surface area contributed by atoms with Crippen LogP contribution in [0.1, 0.15) is 19.5 Å². The van der Waals surface area contributed by atoms with Crippen LogP contribution < -0.4 is 5.32 Å². The van der Waals surface area contributed by atoms with E-state index in [9.17, 15) is 18.3 Å². The van der Waals surface area contributed by atoms with Gasteiger partial charge in [-0.15, -0.1) is 0 Å². The summed E-state index contributed by atoms with van der Waals surface area (Å²) < 4.78 is 55.3. The highest BCUT2D eigenvalue weighted by Gasteiger charge is 2.51. The topological polar surface area (TPSA) is 85.7 Å². The van der Waals surface area contributed by atoms with E-state index in [1.807, 2.05) is 0 Å². The van der Waals surface area contributed by atoms with Crippen molar-refractivity contribution >= 4 is 5.82 Å². The summed E-state index contributed by atoms with van der Waals surface area (Å²) in [4.78, 5) is 7.09. The number of aromatic nitrogens is 2. The monoisotopic (exact) mass is 349 g/mol. The van der Waals surface area contributed by atoms with Crippen molar-refractivity contribution < 1.29 is 32.5 Å². The predicted octanol–water partition coefficient (Wildman–Crippen LogP) is 1.19. The maximum atomic E-state index is 12.7. The Balaban J connectivity index is 1.78. The van der Waals surface area contributed by atoms with Crippen molar-refractivity contribution in [3.63, 3.8) is 0 Å². The second-order valence-electron chi connectivity index (χ2n) is 6.16. The second-order valence-corrected chi connectivity index (χ2v) is 6.16. The van der Waals surface area contributed by atoms with Gasteiger partial charge in [-0.2, -0.15) is 13.2 Å². The molecule has 3 rings (SSSR count). The zero-order chi connectivity index (χ0) is 17.5. The molecule has 2 aliphatic rings. The number of halogens is 3. The molecule has 3 heterocycles. The van der Waals surface area contributed by atoms with Crippen LogP contribution in [0.15, 0.2) is 12.4 Å². The van der Waals surface area contributed by atoms with Gasteiger partial charge in [0.15, 0.2) is 11.5 Å². The first kappa shape index (κ1) is 17.3. The van der Waals surface area contributed by atoms with Crippen LogP contribution in [0.5, 0.6) is 0 Å². The Kier molecular flexibility index (Phi) is 4.41. The summed E-state index contributed by atoms with van der Waals surface area (Å²) >= 11 is 0. The third-order valence-corrected chi connectivity index (χ3v) is 3.85. The molecule has 0 aliphatic carbocycles. The molecule has 2 saturated heterocycles. The first-order valence-electron chi connectivity index (χ1n) is 7.43.